The van der Waals surface area contributed by atoms with Crippen molar-refractivity contribution in [2.45, 2.75) is 52.9 Å². The number of unbranched alkanes of at least 4 members (excludes halogenated alkanes) is 1. The largest absolute Gasteiger partial charge is 0.349 e. The Bertz CT molecular complexity index is 1060. The number of benzene rings is 2. The van der Waals surface area contributed by atoms with Crippen LogP contribution in [0.4, 0.5) is 0 Å². The quantitative estimate of drug-likeness (QED) is 0.390. The van der Waals surface area contributed by atoms with Crippen LogP contribution in [0.5, 0.6) is 0 Å². The van der Waals surface area contributed by atoms with Crippen molar-refractivity contribution in [2.24, 2.45) is 5.10 Å². The number of aryl methyl sites for hydroxylation is 1. The fourth-order valence-electron chi connectivity index (χ4n) is 3.68. The summed E-state index contributed by atoms with van der Waals surface area (Å²) in [5.41, 5.74) is 12.9. The minimum Gasteiger partial charge on any atom is -0.349 e. The smallest absolute Gasteiger partial charge is 0.220 e. The third kappa shape index (κ3) is 5.99. The molecule has 4 rings (SSSR count). The third-order valence-corrected chi connectivity index (χ3v) is 5.34. The van der Waals surface area contributed by atoms with Crippen LogP contribution in [0, 0.1) is 0 Å². The van der Waals surface area contributed by atoms with Gasteiger partial charge in [0.1, 0.15) is 5.82 Å². The molecule has 0 fully saturated rings. The first-order valence-corrected chi connectivity index (χ1v) is 11.7. The Kier molecular flexibility index (Phi) is 9.57. The third-order valence-electron chi connectivity index (χ3n) is 5.34. The monoisotopic (exact) mass is 465 g/mol. The molecule has 0 unspecified atom stereocenters. The molecule has 0 radical (unpaired) electrons. The maximum atomic E-state index is 5.34. The van der Waals surface area contributed by atoms with Gasteiger partial charge in [0.2, 0.25) is 12.1 Å². The molecule has 0 bridgehead atoms. The second kappa shape index (κ2) is 12.8. The van der Waals surface area contributed by atoms with Crippen molar-refractivity contribution in [1.29, 1.82) is 0 Å². The Morgan fingerprint density at radius 2 is 1.68 bits per heavy atom. The van der Waals surface area contributed by atoms with Crippen molar-refractivity contribution in [3.63, 3.8) is 0 Å². The van der Waals surface area contributed by atoms with Gasteiger partial charge in [-0.05, 0) is 23.1 Å². The van der Waals surface area contributed by atoms with Crippen LogP contribution < -0.4 is 16.5 Å². The molecule has 0 saturated heterocycles. The summed E-state index contributed by atoms with van der Waals surface area (Å²) in [4.78, 5) is 4.68. The molecule has 0 atom stereocenters. The van der Waals surface area contributed by atoms with Crippen LogP contribution in [0.25, 0.3) is 11.1 Å². The zero-order valence-corrected chi connectivity index (χ0v) is 20.6. The van der Waals surface area contributed by atoms with Gasteiger partial charge in [-0.3, -0.25) is 5.43 Å². The number of amidine groups is 1. The highest BCUT2D eigenvalue weighted by Gasteiger charge is 2.19. The molecular formula is C25H35N7O2. The molecule has 2 heterocycles. The minimum atomic E-state index is -0.563. The Balaban J connectivity index is 0.00000158. The van der Waals surface area contributed by atoms with Crippen molar-refractivity contribution in [1.82, 2.24) is 31.3 Å². The molecular weight excluding hydrogens is 430 g/mol. The summed E-state index contributed by atoms with van der Waals surface area (Å²) in [5, 5.41) is 8.90. The zero-order valence-electron chi connectivity index (χ0n) is 20.6. The maximum Gasteiger partial charge on any atom is 0.220 e. The molecule has 0 amide bonds. The van der Waals surface area contributed by atoms with Crippen LogP contribution in [-0.4, -0.2) is 34.8 Å². The van der Waals surface area contributed by atoms with Gasteiger partial charge in [0.15, 0.2) is 5.84 Å². The van der Waals surface area contributed by atoms with E-state index in [1.807, 2.05) is 36.7 Å². The number of hydrogen-bond donors (Lipinski definition) is 3. The van der Waals surface area contributed by atoms with E-state index in [0.717, 1.165) is 53.2 Å². The summed E-state index contributed by atoms with van der Waals surface area (Å²) in [6, 6.07) is 16.7. The number of nitrogens with zero attached hydrogens (tertiary/aromatic N) is 4. The number of hydrogen-bond acceptors (Lipinski definition) is 8. The molecule has 3 N–H and O–H groups in total. The van der Waals surface area contributed by atoms with Gasteiger partial charge in [0.05, 0.1) is 6.54 Å². The number of methoxy groups -OCH3 is 2. The van der Waals surface area contributed by atoms with Crippen molar-refractivity contribution >= 4 is 5.84 Å². The SMILES string of the molecule is CC.CCCCc1nc(C(OC)OC)nn1Cc1ccc(-c2ccccc2C2=NNNN2)cc1. The Morgan fingerprint density at radius 3 is 2.29 bits per heavy atom. The van der Waals surface area contributed by atoms with Crippen molar-refractivity contribution < 1.29 is 9.47 Å². The highest BCUT2D eigenvalue weighted by atomic mass is 16.7. The summed E-state index contributed by atoms with van der Waals surface area (Å²) >= 11 is 0. The van der Waals surface area contributed by atoms with Crippen LogP contribution in [0.2, 0.25) is 0 Å². The molecule has 0 aliphatic carbocycles. The number of hydrazine groups is 2. The molecule has 9 nitrogen and oxygen atoms in total. The molecule has 0 spiro atoms. The summed E-state index contributed by atoms with van der Waals surface area (Å²) in [5.74, 6) is 2.26. The summed E-state index contributed by atoms with van der Waals surface area (Å²) in [6.45, 7) is 6.81. The summed E-state index contributed by atoms with van der Waals surface area (Å²) in [7, 11) is 3.19. The summed E-state index contributed by atoms with van der Waals surface area (Å²) < 4.78 is 12.6. The van der Waals surface area contributed by atoms with Gasteiger partial charge in [-0.2, -0.15) is 5.10 Å². The number of aromatic nitrogens is 3. The fraction of sp³-hybridized carbons (Fsp3) is 0.400. The van der Waals surface area contributed by atoms with E-state index in [1.165, 1.54) is 0 Å². The van der Waals surface area contributed by atoms with Crippen molar-refractivity contribution in [3.05, 3.63) is 71.3 Å². The number of rotatable bonds is 10. The van der Waals surface area contributed by atoms with Gasteiger partial charge < -0.3 is 9.47 Å². The molecule has 3 aromatic rings. The van der Waals surface area contributed by atoms with Crippen LogP contribution >= 0.6 is 0 Å². The van der Waals surface area contributed by atoms with Gasteiger partial charge in [-0.25, -0.2) is 15.2 Å². The first kappa shape index (κ1) is 25.4. The van der Waals surface area contributed by atoms with Gasteiger partial charge in [0, 0.05) is 26.2 Å². The highest BCUT2D eigenvalue weighted by molar-refractivity contribution is 6.04. The molecule has 1 aromatic heterocycles. The molecule has 9 heteroatoms. The highest BCUT2D eigenvalue weighted by Crippen LogP contribution is 2.25. The molecule has 34 heavy (non-hydrogen) atoms. The van der Waals surface area contributed by atoms with Crippen molar-refractivity contribution in [3.8, 4) is 11.1 Å². The molecule has 1 aliphatic heterocycles. The Hall–Kier alpha value is -3.27. The molecule has 182 valence electrons. The van der Waals surface area contributed by atoms with Crippen LogP contribution in [0.1, 0.15) is 62.7 Å². The lowest BCUT2D eigenvalue weighted by atomic mass is 9.98. The average Bonchev–Trinajstić information content (AvgIpc) is 3.56. The van der Waals surface area contributed by atoms with Crippen LogP contribution in [0.3, 0.4) is 0 Å². The lowest BCUT2D eigenvalue weighted by Crippen LogP contribution is -2.35. The number of ether oxygens (including phenoxy) is 2. The normalized spacial score (nSPS) is 12.6. The van der Waals surface area contributed by atoms with Gasteiger partial charge in [0.25, 0.3) is 0 Å². The van der Waals surface area contributed by atoms with Crippen LogP contribution in [-0.2, 0) is 22.4 Å². The van der Waals surface area contributed by atoms with E-state index in [-0.39, 0.29) is 0 Å². The number of hydrazone groups is 1. The van der Waals surface area contributed by atoms with E-state index < -0.39 is 6.29 Å². The average molecular weight is 466 g/mol. The lowest BCUT2D eigenvalue weighted by molar-refractivity contribution is -0.111. The number of nitrogens with one attached hydrogen (secondary N) is 3. The fourth-order valence-corrected chi connectivity index (χ4v) is 3.68. The van der Waals surface area contributed by atoms with E-state index in [9.17, 15) is 0 Å². The zero-order chi connectivity index (χ0) is 24.3. The van der Waals surface area contributed by atoms with E-state index in [1.54, 1.807) is 14.2 Å². The second-order valence-electron chi connectivity index (χ2n) is 7.52. The molecule has 1 aliphatic rings. The maximum absolute atomic E-state index is 5.34. The van der Waals surface area contributed by atoms with Gasteiger partial charge in [-0.15, -0.1) is 10.6 Å². The first-order valence-electron chi connectivity index (χ1n) is 11.7. The predicted molar refractivity (Wildman–Crippen MR) is 134 cm³/mol. The Morgan fingerprint density at radius 1 is 0.971 bits per heavy atom. The second-order valence-corrected chi connectivity index (χ2v) is 7.52. The van der Waals surface area contributed by atoms with E-state index in [2.05, 4.69) is 68.9 Å². The predicted octanol–water partition coefficient (Wildman–Crippen LogP) is 3.93. The molecule has 2 aromatic carbocycles. The standard InChI is InChI=1S/C23H29N7O2.C2H6/c1-4-5-10-20-24-22(23(31-2)32-3)27-30(20)15-16-11-13-17(14-12-16)18-8-6-7-9-19(18)21-25-28-29-26-21;1-2/h6-9,11-14,23,28-29H,4-5,10,15H2,1-3H3,(H,25,26);1-2H3. The minimum absolute atomic E-state index is 0.554. The Labute approximate surface area is 201 Å². The van der Waals surface area contributed by atoms with E-state index >= 15 is 0 Å². The van der Waals surface area contributed by atoms with E-state index in [4.69, 9.17) is 9.47 Å². The topological polar surface area (TPSA) is 97.6 Å². The van der Waals surface area contributed by atoms with Crippen molar-refractivity contribution in [2.75, 3.05) is 14.2 Å². The lowest BCUT2D eigenvalue weighted by Gasteiger charge is -2.11. The van der Waals surface area contributed by atoms with Gasteiger partial charge >= 0.3 is 0 Å². The van der Waals surface area contributed by atoms with Gasteiger partial charge in [-0.1, -0.05) is 75.7 Å². The summed E-state index contributed by atoms with van der Waals surface area (Å²) in [6.07, 6.45) is 2.46. The van der Waals surface area contributed by atoms with E-state index in [0.29, 0.717) is 12.4 Å². The molecule has 0 saturated carbocycles. The first-order chi connectivity index (χ1) is 16.7. The van der Waals surface area contributed by atoms with Crippen LogP contribution in [0.15, 0.2) is 53.6 Å².